The Morgan fingerprint density at radius 2 is 1.21 bits per heavy atom. The van der Waals surface area contributed by atoms with E-state index in [1.54, 1.807) is 6.07 Å². The number of Topliss-reactive ketones (excluding diaryl/α,β-unsaturated/α-hetero) is 1. The number of hydrogen-bond acceptors (Lipinski definition) is 5. The molecule has 2 aromatic rings. The number of nitrogens with zero attached hydrogens (tertiary/aromatic N) is 1. The quantitative estimate of drug-likeness (QED) is 0.126. The Kier molecular flexibility index (Phi) is 10.9. The number of carbonyl (C=O) groups excluding carboxylic acids is 1. The van der Waals surface area contributed by atoms with Crippen LogP contribution in [0.3, 0.4) is 0 Å². The monoisotopic (exact) mass is 623 g/mol. The van der Waals surface area contributed by atoms with Crippen LogP contribution in [0.1, 0.15) is 110 Å². The van der Waals surface area contributed by atoms with E-state index in [0.717, 1.165) is 5.56 Å². The zero-order chi connectivity index (χ0) is 32.4. The summed E-state index contributed by atoms with van der Waals surface area (Å²) in [5, 5.41) is 12.5. The van der Waals surface area contributed by atoms with Gasteiger partial charge in [-0.15, -0.1) is 0 Å². The molecular weight excluding hydrogens is 571 g/mol. The number of fused-ring (bicyclic) bond motifs is 1. The number of ketones is 1. The van der Waals surface area contributed by atoms with Crippen molar-refractivity contribution in [2.24, 2.45) is 0 Å². The smallest absolute Gasteiger partial charge is 0.285 e. The van der Waals surface area contributed by atoms with E-state index in [1.807, 2.05) is 48.6 Å². The second-order valence-electron chi connectivity index (χ2n) is 14.1. The lowest BCUT2D eigenvalue weighted by atomic mass is 9.96. The molecule has 0 fully saturated rings. The van der Waals surface area contributed by atoms with Gasteiger partial charge in [0.05, 0.1) is 5.92 Å². The van der Waals surface area contributed by atoms with E-state index in [4.69, 9.17) is 8.85 Å². The molecule has 236 valence electrons. The SMILES string of the molecule is CC(C)[Si](Oc1cc(O[Si](C(C)C)(C(C)C)C(C)C)c2c(c1)C(=O)C([N+](=O)[O-])C2/C=C/c1ccccc1)(C(C)C)C(C)C. The lowest BCUT2D eigenvalue weighted by Gasteiger charge is -2.44. The van der Waals surface area contributed by atoms with Crippen LogP contribution in [0.25, 0.3) is 6.08 Å². The van der Waals surface area contributed by atoms with Crippen LogP contribution in [-0.2, 0) is 0 Å². The highest BCUT2D eigenvalue weighted by molar-refractivity contribution is 6.79. The lowest BCUT2D eigenvalue weighted by Crippen LogP contribution is -2.51. The third-order valence-electron chi connectivity index (χ3n) is 9.84. The fourth-order valence-electron chi connectivity index (χ4n) is 8.08. The van der Waals surface area contributed by atoms with Crippen molar-refractivity contribution in [3.63, 3.8) is 0 Å². The minimum Gasteiger partial charge on any atom is -0.543 e. The summed E-state index contributed by atoms with van der Waals surface area (Å²) in [6.07, 6.45) is 3.70. The molecule has 0 bridgehead atoms. The molecule has 0 saturated heterocycles. The fourth-order valence-corrected chi connectivity index (χ4v) is 18.6. The van der Waals surface area contributed by atoms with Gasteiger partial charge in [-0.05, 0) is 44.9 Å². The first-order valence-corrected chi connectivity index (χ1v) is 20.3. The van der Waals surface area contributed by atoms with Crippen LogP contribution < -0.4 is 8.85 Å². The first kappa shape index (κ1) is 34.8. The Morgan fingerprint density at radius 3 is 1.65 bits per heavy atom. The summed E-state index contributed by atoms with van der Waals surface area (Å²) in [5.74, 6) is -0.0502. The van der Waals surface area contributed by atoms with Gasteiger partial charge in [-0.2, -0.15) is 0 Å². The van der Waals surface area contributed by atoms with Crippen molar-refractivity contribution in [2.45, 2.75) is 128 Å². The Morgan fingerprint density at radius 1 is 0.744 bits per heavy atom. The molecule has 0 amide bonds. The molecule has 0 N–H and O–H groups in total. The van der Waals surface area contributed by atoms with Crippen LogP contribution in [0, 0.1) is 10.1 Å². The standard InChI is InChI=1S/C35H53NO5Si2/c1-22(2)42(23(3)4,24(5)6)40-29-20-31-33(32(21-29)41-43(25(7)8,26(9)10)27(11)12)30(34(35(31)37)36(38)39)19-18-28-16-14-13-15-17-28/h13-27,30,34H,1-12H3/b19-18+. The normalized spacial score (nSPS) is 17.8. The Bertz CT molecular complexity index is 1270. The van der Waals surface area contributed by atoms with E-state index in [1.165, 1.54) is 0 Å². The minimum atomic E-state index is -2.50. The molecule has 8 heteroatoms. The largest absolute Gasteiger partial charge is 0.543 e. The molecule has 2 unspecified atom stereocenters. The Balaban J connectivity index is 2.36. The van der Waals surface area contributed by atoms with E-state index in [9.17, 15) is 14.9 Å². The average Bonchev–Trinajstić information content (AvgIpc) is 3.19. The van der Waals surface area contributed by atoms with Gasteiger partial charge >= 0.3 is 0 Å². The summed E-state index contributed by atoms with van der Waals surface area (Å²) < 4.78 is 14.4. The zero-order valence-electron chi connectivity index (χ0n) is 28.3. The molecule has 1 aliphatic carbocycles. The first-order valence-electron chi connectivity index (χ1n) is 16.0. The van der Waals surface area contributed by atoms with Gasteiger partial charge in [-0.1, -0.05) is 126 Å². The van der Waals surface area contributed by atoms with Crippen LogP contribution in [0.4, 0.5) is 0 Å². The number of hydrogen-bond donors (Lipinski definition) is 0. The highest BCUT2D eigenvalue weighted by Crippen LogP contribution is 2.51. The topological polar surface area (TPSA) is 78.7 Å². The van der Waals surface area contributed by atoms with Crippen molar-refractivity contribution >= 4 is 28.5 Å². The van der Waals surface area contributed by atoms with Crippen molar-refractivity contribution in [3.8, 4) is 11.5 Å². The fraction of sp³-hybridized carbons (Fsp3) is 0.571. The molecule has 2 atom stereocenters. The summed E-state index contributed by atoms with van der Waals surface area (Å²) in [6, 6.07) is 12.0. The van der Waals surface area contributed by atoms with Crippen LogP contribution in [0.5, 0.6) is 11.5 Å². The third kappa shape index (κ3) is 6.41. The molecular formula is C35H53NO5Si2. The molecule has 0 aliphatic heterocycles. The number of carbonyl (C=O) groups is 1. The number of rotatable bonds is 13. The van der Waals surface area contributed by atoms with Gasteiger partial charge in [-0.25, -0.2) is 0 Å². The summed E-state index contributed by atoms with van der Waals surface area (Å²) in [5.41, 5.74) is 3.72. The van der Waals surface area contributed by atoms with Gasteiger partial charge in [-0.3, -0.25) is 14.9 Å². The Labute approximate surface area is 261 Å². The highest BCUT2D eigenvalue weighted by atomic mass is 28.4. The zero-order valence-corrected chi connectivity index (χ0v) is 30.3. The second-order valence-corrected chi connectivity index (χ2v) is 24.9. The summed E-state index contributed by atoms with van der Waals surface area (Å²) in [6.45, 7) is 26.7. The van der Waals surface area contributed by atoms with Crippen molar-refractivity contribution in [1.82, 2.24) is 0 Å². The molecule has 0 spiro atoms. The molecule has 0 aromatic heterocycles. The van der Waals surface area contributed by atoms with E-state index < -0.39 is 39.3 Å². The van der Waals surface area contributed by atoms with Gasteiger partial charge in [0, 0.05) is 22.1 Å². The van der Waals surface area contributed by atoms with E-state index in [0.29, 0.717) is 39.2 Å². The molecule has 6 nitrogen and oxygen atoms in total. The Hall–Kier alpha value is -2.72. The maximum absolute atomic E-state index is 13.9. The summed E-state index contributed by atoms with van der Waals surface area (Å²) >= 11 is 0. The number of benzene rings is 2. The highest BCUT2D eigenvalue weighted by Gasteiger charge is 2.53. The molecule has 2 aromatic carbocycles. The van der Waals surface area contributed by atoms with Crippen LogP contribution in [0.15, 0.2) is 48.5 Å². The summed E-state index contributed by atoms with van der Waals surface area (Å²) in [4.78, 5) is 26.0. The van der Waals surface area contributed by atoms with Crippen molar-refractivity contribution < 1.29 is 18.6 Å². The molecule has 1 aliphatic rings. The van der Waals surface area contributed by atoms with E-state index >= 15 is 0 Å². The maximum atomic E-state index is 13.9. The predicted octanol–water partition coefficient (Wildman–Crippen LogP) is 10.4. The minimum absolute atomic E-state index is 0.282. The lowest BCUT2D eigenvalue weighted by molar-refractivity contribution is -0.506. The van der Waals surface area contributed by atoms with Gasteiger partial charge in [0.1, 0.15) is 11.5 Å². The average molecular weight is 624 g/mol. The van der Waals surface area contributed by atoms with Gasteiger partial charge in [0.2, 0.25) is 5.78 Å². The third-order valence-corrected chi connectivity index (χ3v) is 21.8. The molecule has 0 radical (unpaired) electrons. The molecule has 3 rings (SSSR count). The number of nitro groups is 1. The maximum Gasteiger partial charge on any atom is 0.285 e. The van der Waals surface area contributed by atoms with E-state index in [-0.39, 0.29) is 16.6 Å². The van der Waals surface area contributed by atoms with Crippen LogP contribution in [-0.4, -0.2) is 33.4 Å². The van der Waals surface area contributed by atoms with Gasteiger partial charge < -0.3 is 8.85 Å². The van der Waals surface area contributed by atoms with Crippen molar-refractivity contribution in [3.05, 3.63) is 75.3 Å². The second kappa shape index (κ2) is 13.5. The van der Waals surface area contributed by atoms with Gasteiger partial charge in [0.25, 0.3) is 22.7 Å². The van der Waals surface area contributed by atoms with Crippen LogP contribution >= 0.6 is 0 Å². The first-order chi connectivity index (χ1) is 20.0. The van der Waals surface area contributed by atoms with E-state index in [2.05, 4.69) is 83.1 Å². The molecule has 0 saturated carbocycles. The van der Waals surface area contributed by atoms with Gasteiger partial charge in [0.15, 0.2) is 0 Å². The summed E-state index contributed by atoms with van der Waals surface area (Å²) in [7, 11) is -4.88. The van der Waals surface area contributed by atoms with Crippen molar-refractivity contribution in [2.75, 3.05) is 0 Å². The molecule has 43 heavy (non-hydrogen) atoms. The van der Waals surface area contributed by atoms with Crippen molar-refractivity contribution in [1.29, 1.82) is 0 Å². The molecule has 0 heterocycles. The predicted molar refractivity (Wildman–Crippen MR) is 183 cm³/mol. The van der Waals surface area contributed by atoms with Crippen LogP contribution in [0.2, 0.25) is 33.2 Å².